The van der Waals surface area contributed by atoms with Gasteiger partial charge in [0.05, 0.1) is 0 Å². The maximum atomic E-state index is 13.1. The van der Waals surface area contributed by atoms with Crippen LogP contribution in [0.2, 0.25) is 5.21 Å². The number of halogens is 1. The van der Waals surface area contributed by atoms with Gasteiger partial charge in [0, 0.05) is 0 Å². The first-order chi connectivity index (χ1) is 13.0. The number of pyridine rings is 1. The van der Waals surface area contributed by atoms with E-state index < -0.39 is 0 Å². The Morgan fingerprint density at radius 2 is 1.85 bits per heavy atom. The molecule has 0 atom stereocenters. The van der Waals surface area contributed by atoms with Crippen molar-refractivity contribution in [3.8, 4) is 11.3 Å². The fraction of sp³-hybridized carbons (Fsp3) is 0.200. The molecule has 0 aliphatic carbocycles. The van der Waals surface area contributed by atoms with Crippen molar-refractivity contribution in [2.45, 2.75) is 24.5 Å². The minimum atomic E-state index is -0.202. The molecule has 0 amide bonds. The Balaban J connectivity index is 1.46. The molecule has 5 nitrogen and oxygen atoms in total. The molecule has 0 bridgehead atoms. The third-order valence-electron chi connectivity index (χ3n) is 4.50. The average Bonchev–Trinajstić information content (AvgIpc) is 3.15. The average molecular weight is 422 g/mol. The Labute approximate surface area is 163 Å². The third-order valence-corrected chi connectivity index (χ3v) is 7.67. The zero-order valence-corrected chi connectivity index (χ0v) is 16.9. The summed E-state index contributed by atoms with van der Waals surface area (Å²) < 4.78 is 14.2. The van der Waals surface area contributed by atoms with Crippen LogP contribution in [0.4, 0.5) is 4.39 Å². The van der Waals surface area contributed by atoms with Crippen molar-refractivity contribution in [1.29, 1.82) is 0 Å². The molecule has 1 N–H and O–H groups in total. The van der Waals surface area contributed by atoms with Gasteiger partial charge in [0.15, 0.2) is 0 Å². The SMILES string of the molecule is CC(C)(C[As]c1ccc(-c2cnc3[nH]ncc3c2)nn1)c1ccc(F)cc1. The number of hydrogen-bond donors (Lipinski definition) is 1. The summed E-state index contributed by atoms with van der Waals surface area (Å²) in [5.74, 6) is -0.202. The summed E-state index contributed by atoms with van der Waals surface area (Å²) in [6, 6.07) is 12.8. The molecular formula is C20H18AsFN5. The van der Waals surface area contributed by atoms with E-state index in [1.807, 2.05) is 30.3 Å². The molecule has 3 heterocycles. The van der Waals surface area contributed by atoms with Crippen LogP contribution in [0.1, 0.15) is 19.4 Å². The van der Waals surface area contributed by atoms with E-state index in [2.05, 4.69) is 39.2 Å². The number of rotatable bonds is 5. The molecule has 135 valence electrons. The molecule has 1 aromatic carbocycles. The van der Waals surface area contributed by atoms with Crippen LogP contribution in [-0.2, 0) is 5.41 Å². The normalized spacial score (nSPS) is 12.3. The third kappa shape index (κ3) is 3.91. The van der Waals surface area contributed by atoms with Crippen LogP contribution in [0.25, 0.3) is 22.3 Å². The Bertz CT molecular complexity index is 1060. The predicted octanol–water partition coefficient (Wildman–Crippen LogP) is 3.28. The van der Waals surface area contributed by atoms with Gasteiger partial charge in [-0.2, -0.15) is 0 Å². The molecule has 27 heavy (non-hydrogen) atoms. The molecule has 0 fully saturated rings. The quantitative estimate of drug-likeness (QED) is 0.502. The fourth-order valence-electron chi connectivity index (χ4n) is 2.81. The zero-order chi connectivity index (χ0) is 18.9. The van der Waals surface area contributed by atoms with Crippen molar-refractivity contribution < 1.29 is 4.39 Å². The van der Waals surface area contributed by atoms with Gasteiger partial charge < -0.3 is 0 Å². The fourth-order valence-corrected chi connectivity index (χ4v) is 4.97. The number of nitrogens with one attached hydrogen (secondary N) is 1. The van der Waals surface area contributed by atoms with Gasteiger partial charge in [0.1, 0.15) is 0 Å². The Hall–Kier alpha value is -2.59. The van der Waals surface area contributed by atoms with E-state index in [0.717, 1.165) is 37.5 Å². The van der Waals surface area contributed by atoms with Gasteiger partial charge in [-0.3, -0.25) is 0 Å². The van der Waals surface area contributed by atoms with E-state index in [9.17, 15) is 4.39 Å². The van der Waals surface area contributed by atoms with Gasteiger partial charge in [0.2, 0.25) is 0 Å². The first-order valence-corrected chi connectivity index (χ1v) is 10.8. The second-order valence-corrected chi connectivity index (χ2v) is 9.30. The summed E-state index contributed by atoms with van der Waals surface area (Å²) in [5, 5.41) is 17.6. The number of H-pyrrole nitrogens is 1. The molecule has 7 heteroatoms. The molecule has 0 unspecified atom stereocenters. The standard InChI is InChI=1S/C20H18AsFN5/c1-20(2,15-3-5-16(22)6-4-15)12-21-18-8-7-17(25-26-18)13-9-14-11-24-27-19(14)23-10-13/h3-11H,12H2,1-2H3,(H,23,24,27). The first-order valence-electron chi connectivity index (χ1n) is 8.58. The molecule has 4 aromatic rings. The van der Waals surface area contributed by atoms with Crippen molar-refractivity contribution >= 4 is 31.3 Å². The van der Waals surface area contributed by atoms with E-state index in [1.54, 1.807) is 12.4 Å². The van der Waals surface area contributed by atoms with Gasteiger partial charge >= 0.3 is 163 Å². The molecule has 0 saturated heterocycles. The summed E-state index contributed by atoms with van der Waals surface area (Å²) in [5.41, 5.74) is 3.60. The second-order valence-electron chi connectivity index (χ2n) is 7.02. The first kappa shape index (κ1) is 17.8. The van der Waals surface area contributed by atoms with Crippen LogP contribution in [0.15, 0.2) is 54.9 Å². The van der Waals surface area contributed by atoms with Crippen LogP contribution >= 0.6 is 0 Å². The Morgan fingerprint density at radius 1 is 1.04 bits per heavy atom. The summed E-state index contributed by atoms with van der Waals surface area (Å²) in [6.07, 6.45) is 3.52. The van der Waals surface area contributed by atoms with Crippen LogP contribution < -0.4 is 4.48 Å². The molecular weight excluding hydrogens is 404 g/mol. The van der Waals surface area contributed by atoms with E-state index in [4.69, 9.17) is 0 Å². The van der Waals surface area contributed by atoms with E-state index in [-0.39, 0.29) is 27.0 Å². The van der Waals surface area contributed by atoms with Crippen LogP contribution in [-0.4, -0.2) is 41.1 Å². The molecule has 0 saturated carbocycles. The van der Waals surface area contributed by atoms with Gasteiger partial charge in [-0.1, -0.05) is 0 Å². The predicted molar refractivity (Wildman–Crippen MR) is 105 cm³/mol. The topological polar surface area (TPSA) is 67.3 Å². The monoisotopic (exact) mass is 422 g/mol. The number of aromatic amines is 1. The van der Waals surface area contributed by atoms with Crippen LogP contribution in [0.3, 0.4) is 0 Å². The maximum absolute atomic E-state index is 13.1. The minimum absolute atomic E-state index is 0.0235. The molecule has 4 rings (SSSR count). The number of hydrogen-bond acceptors (Lipinski definition) is 4. The van der Waals surface area contributed by atoms with E-state index >= 15 is 0 Å². The van der Waals surface area contributed by atoms with Crippen molar-refractivity contribution in [1.82, 2.24) is 25.4 Å². The van der Waals surface area contributed by atoms with Crippen molar-refractivity contribution in [2.75, 3.05) is 0 Å². The second kappa shape index (κ2) is 7.20. The molecule has 0 aliphatic heterocycles. The van der Waals surface area contributed by atoms with Gasteiger partial charge in [-0.25, -0.2) is 0 Å². The van der Waals surface area contributed by atoms with Crippen molar-refractivity contribution in [2.24, 2.45) is 0 Å². The summed E-state index contributed by atoms with van der Waals surface area (Å²) >= 11 is -0.136. The van der Waals surface area contributed by atoms with Crippen LogP contribution in [0.5, 0.6) is 0 Å². The molecule has 0 aliphatic rings. The van der Waals surface area contributed by atoms with Gasteiger partial charge in [0.25, 0.3) is 0 Å². The number of nitrogens with zero attached hydrogens (tertiary/aromatic N) is 4. The van der Waals surface area contributed by atoms with Crippen molar-refractivity contribution in [3.05, 3.63) is 66.2 Å². The van der Waals surface area contributed by atoms with Crippen molar-refractivity contribution in [3.63, 3.8) is 0 Å². The zero-order valence-electron chi connectivity index (χ0n) is 15.0. The van der Waals surface area contributed by atoms with E-state index in [0.29, 0.717) is 0 Å². The molecule has 0 spiro atoms. The van der Waals surface area contributed by atoms with Crippen LogP contribution in [0, 0.1) is 5.82 Å². The summed E-state index contributed by atoms with van der Waals surface area (Å²) in [6.45, 7) is 4.37. The molecule has 3 aromatic heterocycles. The van der Waals surface area contributed by atoms with E-state index in [1.165, 1.54) is 12.1 Å². The number of aromatic nitrogens is 5. The summed E-state index contributed by atoms with van der Waals surface area (Å²) in [4.78, 5) is 4.34. The summed E-state index contributed by atoms with van der Waals surface area (Å²) in [7, 11) is 0. The number of benzene rings is 1. The number of fused-ring (bicyclic) bond motifs is 1. The molecule has 1 radical (unpaired) electrons. The van der Waals surface area contributed by atoms with Gasteiger partial charge in [-0.15, -0.1) is 0 Å². The Morgan fingerprint density at radius 3 is 2.59 bits per heavy atom. The Kier molecular flexibility index (Phi) is 4.75. The van der Waals surface area contributed by atoms with Gasteiger partial charge in [-0.05, 0) is 0 Å².